The van der Waals surface area contributed by atoms with Crippen molar-refractivity contribution in [2.24, 2.45) is 0 Å². The zero-order valence-electron chi connectivity index (χ0n) is 17.3. The van der Waals surface area contributed by atoms with Crippen LogP contribution in [0.5, 0.6) is 11.5 Å². The number of sulfonamides is 1. The monoisotopic (exact) mass is 446 g/mol. The number of phenols is 1. The fourth-order valence-electron chi connectivity index (χ4n) is 3.34. The first-order valence-corrected chi connectivity index (χ1v) is 11.6. The summed E-state index contributed by atoms with van der Waals surface area (Å²) in [6.07, 6.45) is 1.49. The highest BCUT2D eigenvalue weighted by Crippen LogP contribution is 2.29. The molecule has 0 aromatic heterocycles. The zero-order valence-corrected chi connectivity index (χ0v) is 18.2. The molecule has 1 aliphatic heterocycles. The molecule has 2 aromatic rings. The average molecular weight is 447 g/mol. The van der Waals surface area contributed by atoms with Crippen LogP contribution in [-0.2, 0) is 14.8 Å². The van der Waals surface area contributed by atoms with Gasteiger partial charge in [0.2, 0.25) is 15.9 Å². The summed E-state index contributed by atoms with van der Waals surface area (Å²) in [7, 11) is -3.68. The molecule has 1 saturated heterocycles. The molecule has 0 saturated carbocycles. The van der Waals surface area contributed by atoms with Gasteiger partial charge in [-0.1, -0.05) is 0 Å². The number of nitrogens with zero attached hydrogens (tertiary/aromatic N) is 1. The molecule has 2 N–H and O–H groups in total. The van der Waals surface area contributed by atoms with Crippen molar-refractivity contribution in [1.29, 1.82) is 0 Å². The van der Waals surface area contributed by atoms with E-state index >= 15 is 0 Å². The highest BCUT2D eigenvalue weighted by Gasteiger charge is 2.28. The predicted octanol–water partition coefficient (Wildman–Crippen LogP) is 3.18. The number of ketones is 1. The van der Waals surface area contributed by atoms with Crippen LogP contribution in [0, 0.1) is 0 Å². The van der Waals surface area contributed by atoms with Crippen LogP contribution < -0.4 is 10.1 Å². The van der Waals surface area contributed by atoms with Crippen LogP contribution in [0.25, 0.3) is 0 Å². The van der Waals surface area contributed by atoms with Gasteiger partial charge in [0.1, 0.15) is 11.5 Å². The van der Waals surface area contributed by atoms with Crippen molar-refractivity contribution in [2.75, 3.05) is 25.0 Å². The maximum absolute atomic E-state index is 12.7. The second kappa shape index (κ2) is 9.93. The number of benzene rings is 2. The molecule has 9 heteroatoms. The van der Waals surface area contributed by atoms with Crippen molar-refractivity contribution in [2.45, 2.75) is 37.5 Å². The second-order valence-corrected chi connectivity index (χ2v) is 9.16. The zero-order chi connectivity index (χ0) is 22.4. The first kappa shape index (κ1) is 22.8. The Morgan fingerprint density at radius 3 is 2.39 bits per heavy atom. The summed E-state index contributed by atoms with van der Waals surface area (Å²) in [6.45, 7) is 3.31. The van der Waals surface area contributed by atoms with Crippen LogP contribution in [0.2, 0.25) is 0 Å². The van der Waals surface area contributed by atoms with Gasteiger partial charge in [-0.3, -0.25) is 9.59 Å². The first-order chi connectivity index (χ1) is 14.8. The summed E-state index contributed by atoms with van der Waals surface area (Å²) >= 11 is 0. The number of amides is 1. The van der Waals surface area contributed by atoms with Gasteiger partial charge in [-0.05, 0) is 62.2 Å². The number of carbonyl (C=O) groups is 2. The Labute approximate surface area is 181 Å². The minimum atomic E-state index is -3.68. The van der Waals surface area contributed by atoms with E-state index in [4.69, 9.17) is 4.74 Å². The Morgan fingerprint density at radius 1 is 1.06 bits per heavy atom. The number of aromatic hydroxyl groups is 1. The molecule has 2 aromatic carbocycles. The van der Waals surface area contributed by atoms with Gasteiger partial charge in [0.25, 0.3) is 0 Å². The fourth-order valence-corrected chi connectivity index (χ4v) is 4.88. The van der Waals surface area contributed by atoms with E-state index < -0.39 is 15.9 Å². The van der Waals surface area contributed by atoms with E-state index in [1.807, 2.05) is 6.92 Å². The molecular formula is C22H26N2O6S. The Morgan fingerprint density at radius 2 is 1.74 bits per heavy atom. The van der Waals surface area contributed by atoms with Crippen molar-refractivity contribution in [3.63, 3.8) is 0 Å². The number of ether oxygens (including phenoxy) is 1. The molecule has 0 aliphatic carbocycles. The third kappa shape index (κ3) is 5.62. The van der Waals surface area contributed by atoms with Crippen LogP contribution in [0.15, 0.2) is 47.4 Å². The number of hydrogen-bond acceptors (Lipinski definition) is 6. The quantitative estimate of drug-likeness (QED) is 0.452. The summed E-state index contributed by atoms with van der Waals surface area (Å²) in [6, 6.07) is 10.5. The lowest BCUT2D eigenvalue weighted by molar-refractivity contribution is -0.116. The van der Waals surface area contributed by atoms with Crippen molar-refractivity contribution in [3.05, 3.63) is 48.0 Å². The minimum absolute atomic E-state index is 0.00112. The average Bonchev–Trinajstić information content (AvgIpc) is 3.30. The van der Waals surface area contributed by atoms with Gasteiger partial charge < -0.3 is 15.2 Å². The standard InChI is InChI=1S/C22H26N2O6S/c1-2-30-17-7-5-16(6-8-17)20(25)11-12-22(27)23-19-15-18(9-10-21(19)26)31(28,29)24-13-3-4-14-24/h5-10,15,26H,2-4,11-14H2,1H3,(H,23,27). The van der Waals surface area contributed by atoms with E-state index in [2.05, 4.69) is 5.32 Å². The molecule has 0 bridgehead atoms. The summed E-state index contributed by atoms with van der Waals surface area (Å²) in [5.74, 6) is -0.277. The van der Waals surface area contributed by atoms with Crippen molar-refractivity contribution in [1.82, 2.24) is 4.31 Å². The maximum Gasteiger partial charge on any atom is 0.243 e. The lowest BCUT2D eigenvalue weighted by atomic mass is 10.1. The maximum atomic E-state index is 12.7. The number of anilines is 1. The van der Waals surface area contributed by atoms with E-state index in [1.54, 1.807) is 24.3 Å². The molecule has 0 atom stereocenters. The van der Waals surface area contributed by atoms with Gasteiger partial charge >= 0.3 is 0 Å². The number of Topliss-reactive ketones (excluding diaryl/α,β-unsaturated/α-hetero) is 1. The lowest BCUT2D eigenvalue weighted by Gasteiger charge is -2.16. The van der Waals surface area contributed by atoms with Crippen LogP contribution in [0.3, 0.4) is 0 Å². The number of nitrogens with one attached hydrogen (secondary N) is 1. The van der Waals surface area contributed by atoms with E-state index in [-0.39, 0.29) is 35.0 Å². The van der Waals surface area contributed by atoms with Gasteiger partial charge in [0, 0.05) is 31.5 Å². The molecule has 1 heterocycles. The van der Waals surface area contributed by atoms with E-state index in [9.17, 15) is 23.1 Å². The summed E-state index contributed by atoms with van der Waals surface area (Å²) in [5.41, 5.74) is 0.469. The Kier molecular flexibility index (Phi) is 7.29. The Bertz CT molecular complexity index is 1040. The molecule has 0 radical (unpaired) electrons. The number of rotatable bonds is 9. The van der Waals surface area contributed by atoms with Gasteiger partial charge in [-0.2, -0.15) is 4.31 Å². The molecule has 1 aliphatic rings. The van der Waals surface area contributed by atoms with Crippen molar-refractivity contribution in [3.8, 4) is 11.5 Å². The van der Waals surface area contributed by atoms with Crippen LogP contribution in [-0.4, -0.2) is 49.2 Å². The van der Waals surface area contributed by atoms with Gasteiger partial charge in [-0.15, -0.1) is 0 Å². The van der Waals surface area contributed by atoms with Crippen LogP contribution >= 0.6 is 0 Å². The minimum Gasteiger partial charge on any atom is -0.506 e. The molecule has 3 rings (SSSR count). The lowest BCUT2D eigenvalue weighted by Crippen LogP contribution is -2.28. The van der Waals surface area contributed by atoms with Crippen molar-refractivity contribution >= 4 is 27.4 Å². The highest BCUT2D eigenvalue weighted by molar-refractivity contribution is 7.89. The van der Waals surface area contributed by atoms with Crippen LogP contribution in [0.4, 0.5) is 5.69 Å². The Balaban J connectivity index is 1.61. The summed E-state index contributed by atoms with van der Waals surface area (Å²) < 4.78 is 32.1. The molecule has 8 nitrogen and oxygen atoms in total. The normalized spacial score (nSPS) is 14.4. The SMILES string of the molecule is CCOc1ccc(C(=O)CCC(=O)Nc2cc(S(=O)(=O)N3CCCC3)ccc2O)cc1. The highest BCUT2D eigenvalue weighted by atomic mass is 32.2. The molecule has 1 amide bonds. The molecular weight excluding hydrogens is 420 g/mol. The van der Waals surface area contributed by atoms with Gasteiger partial charge in [-0.25, -0.2) is 8.42 Å². The molecule has 166 valence electrons. The molecule has 1 fully saturated rings. The molecule has 31 heavy (non-hydrogen) atoms. The third-order valence-corrected chi connectivity index (χ3v) is 6.91. The largest absolute Gasteiger partial charge is 0.506 e. The van der Waals surface area contributed by atoms with E-state index in [0.29, 0.717) is 31.0 Å². The van der Waals surface area contributed by atoms with E-state index in [0.717, 1.165) is 12.8 Å². The number of phenolic OH excluding ortho intramolecular Hbond substituents is 1. The topological polar surface area (TPSA) is 113 Å². The number of hydrogen-bond donors (Lipinski definition) is 2. The second-order valence-electron chi connectivity index (χ2n) is 7.22. The molecule has 0 unspecified atom stereocenters. The molecule has 0 spiro atoms. The summed E-state index contributed by atoms with van der Waals surface area (Å²) in [4.78, 5) is 24.6. The first-order valence-electron chi connectivity index (χ1n) is 10.2. The Hall–Kier alpha value is -2.91. The summed E-state index contributed by atoms with van der Waals surface area (Å²) in [5, 5.41) is 12.5. The van der Waals surface area contributed by atoms with Crippen molar-refractivity contribution < 1.29 is 27.9 Å². The predicted molar refractivity (Wildman–Crippen MR) is 116 cm³/mol. The van der Waals surface area contributed by atoms with E-state index in [1.165, 1.54) is 22.5 Å². The third-order valence-electron chi connectivity index (χ3n) is 5.01. The van der Waals surface area contributed by atoms with Gasteiger partial charge in [0.05, 0.1) is 17.2 Å². The fraction of sp³-hybridized carbons (Fsp3) is 0.364. The number of carbonyl (C=O) groups excluding carboxylic acids is 2. The van der Waals surface area contributed by atoms with Gasteiger partial charge in [0.15, 0.2) is 5.78 Å². The smallest absolute Gasteiger partial charge is 0.243 e. The van der Waals surface area contributed by atoms with Crippen LogP contribution in [0.1, 0.15) is 43.0 Å².